The molecule has 1 fully saturated rings. The molecule has 1 atom stereocenters. The number of nitrogens with zero attached hydrogens (tertiary/aromatic N) is 3. The lowest BCUT2D eigenvalue weighted by molar-refractivity contribution is 0.0747. The summed E-state index contributed by atoms with van der Waals surface area (Å²) in [5.41, 5.74) is 1.42. The molecular weight excluding hydrogens is 358 g/mol. The summed E-state index contributed by atoms with van der Waals surface area (Å²) in [6.45, 7) is 7.92. The number of likely N-dealkylation sites (tertiary alicyclic amines) is 1. The Bertz CT molecular complexity index is 836. The molecule has 27 heavy (non-hydrogen) atoms. The van der Waals surface area contributed by atoms with Crippen LogP contribution in [0.4, 0.5) is 0 Å². The van der Waals surface area contributed by atoms with Crippen LogP contribution in [0.15, 0.2) is 11.1 Å². The molecule has 0 aromatic carbocycles. The van der Waals surface area contributed by atoms with Crippen LogP contribution in [-0.2, 0) is 24.1 Å². The Kier molecular flexibility index (Phi) is 5.95. The molecule has 1 saturated heterocycles. The minimum atomic E-state index is 0.137. The van der Waals surface area contributed by atoms with E-state index >= 15 is 0 Å². The average Bonchev–Trinajstić information content (AvgIpc) is 3.05. The van der Waals surface area contributed by atoms with Crippen molar-refractivity contribution < 1.29 is 4.74 Å². The number of hydrogen-bond acceptors (Lipinski definition) is 5. The molecule has 0 spiro atoms. The molecule has 0 saturated carbocycles. The maximum atomic E-state index is 13.1. The second-order valence-electron chi connectivity index (χ2n) is 8.19. The summed E-state index contributed by atoms with van der Waals surface area (Å²) >= 11 is 1.75. The van der Waals surface area contributed by atoms with E-state index in [1.165, 1.54) is 49.2 Å². The van der Waals surface area contributed by atoms with E-state index in [9.17, 15) is 4.79 Å². The number of aryl methyl sites for hydroxylation is 2. The Hall–Kier alpha value is -1.24. The van der Waals surface area contributed by atoms with Gasteiger partial charge in [0.2, 0.25) is 0 Å². The van der Waals surface area contributed by atoms with Crippen molar-refractivity contribution in [3.63, 3.8) is 0 Å². The first kappa shape index (κ1) is 19.1. The first-order valence-electron chi connectivity index (χ1n) is 10.5. The molecule has 3 heterocycles. The third kappa shape index (κ3) is 4.13. The van der Waals surface area contributed by atoms with E-state index in [4.69, 9.17) is 4.74 Å². The molecule has 0 amide bonds. The van der Waals surface area contributed by atoms with E-state index in [1.807, 2.05) is 13.8 Å². The van der Waals surface area contributed by atoms with Crippen molar-refractivity contribution >= 4 is 21.6 Å². The van der Waals surface area contributed by atoms with Crippen LogP contribution in [0.1, 0.15) is 56.4 Å². The molecule has 1 aliphatic carbocycles. The van der Waals surface area contributed by atoms with Gasteiger partial charge in [-0.2, -0.15) is 0 Å². The summed E-state index contributed by atoms with van der Waals surface area (Å²) in [4.78, 5) is 22.7. The molecule has 0 N–H and O–H groups in total. The number of ether oxygens (including phenoxy) is 1. The molecule has 148 valence electrons. The summed E-state index contributed by atoms with van der Waals surface area (Å²) in [6.07, 6.45) is 10.1. The highest BCUT2D eigenvalue weighted by atomic mass is 32.1. The van der Waals surface area contributed by atoms with Crippen LogP contribution in [0.5, 0.6) is 0 Å². The van der Waals surface area contributed by atoms with Crippen LogP contribution >= 0.6 is 11.3 Å². The minimum absolute atomic E-state index is 0.137. The Morgan fingerprint density at radius 1 is 1.30 bits per heavy atom. The van der Waals surface area contributed by atoms with Gasteiger partial charge >= 0.3 is 0 Å². The normalized spacial score (nSPS) is 21.1. The van der Waals surface area contributed by atoms with Gasteiger partial charge < -0.3 is 9.64 Å². The molecule has 2 aromatic rings. The van der Waals surface area contributed by atoms with Gasteiger partial charge in [-0.05, 0) is 71.0 Å². The van der Waals surface area contributed by atoms with E-state index in [0.29, 0.717) is 19.2 Å². The lowest BCUT2D eigenvalue weighted by atomic mass is 9.91. The number of aromatic nitrogens is 2. The van der Waals surface area contributed by atoms with Gasteiger partial charge in [-0.25, -0.2) is 4.98 Å². The summed E-state index contributed by atoms with van der Waals surface area (Å²) in [5, 5.41) is 0.888. The molecule has 2 aromatic heterocycles. The van der Waals surface area contributed by atoms with Crippen molar-refractivity contribution in [2.75, 3.05) is 19.7 Å². The van der Waals surface area contributed by atoms with Crippen molar-refractivity contribution in [2.24, 2.45) is 0 Å². The average molecular weight is 390 g/mol. The van der Waals surface area contributed by atoms with E-state index in [1.54, 1.807) is 22.2 Å². The van der Waals surface area contributed by atoms with E-state index in [2.05, 4.69) is 9.88 Å². The van der Waals surface area contributed by atoms with E-state index in [-0.39, 0.29) is 11.7 Å². The molecule has 1 unspecified atom stereocenters. The lowest BCUT2D eigenvalue weighted by Crippen LogP contribution is -2.42. The van der Waals surface area contributed by atoms with Crippen molar-refractivity contribution in [3.05, 3.63) is 27.1 Å². The Labute approximate surface area is 165 Å². The topological polar surface area (TPSA) is 47.4 Å². The first-order chi connectivity index (χ1) is 13.1. The number of fused-ring (bicyclic) bond motifs is 3. The van der Waals surface area contributed by atoms with Gasteiger partial charge in [-0.15, -0.1) is 11.3 Å². The van der Waals surface area contributed by atoms with Gasteiger partial charge in [0, 0.05) is 24.1 Å². The molecule has 2 aliphatic rings. The summed E-state index contributed by atoms with van der Waals surface area (Å²) < 4.78 is 7.37. The maximum Gasteiger partial charge on any atom is 0.262 e. The van der Waals surface area contributed by atoms with E-state index < -0.39 is 0 Å². The Balaban J connectivity index is 1.52. The predicted octanol–water partition coefficient (Wildman–Crippen LogP) is 3.62. The van der Waals surface area contributed by atoms with Gasteiger partial charge in [-0.3, -0.25) is 9.36 Å². The van der Waals surface area contributed by atoms with Crippen LogP contribution in [-0.4, -0.2) is 46.3 Å². The van der Waals surface area contributed by atoms with Gasteiger partial charge in [0.1, 0.15) is 4.83 Å². The molecule has 6 heteroatoms. The van der Waals surface area contributed by atoms with Crippen LogP contribution in [0.3, 0.4) is 0 Å². The minimum Gasteiger partial charge on any atom is -0.379 e. The molecular formula is C21H31N3O2S. The van der Waals surface area contributed by atoms with Crippen molar-refractivity contribution in [1.29, 1.82) is 0 Å². The monoisotopic (exact) mass is 389 g/mol. The van der Waals surface area contributed by atoms with Gasteiger partial charge in [0.05, 0.1) is 17.8 Å². The Morgan fingerprint density at radius 3 is 2.89 bits per heavy atom. The zero-order valence-electron chi connectivity index (χ0n) is 16.6. The zero-order chi connectivity index (χ0) is 18.8. The number of hydrogen-bond donors (Lipinski definition) is 0. The SMILES string of the molecule is CC(C)OCCCn1cnc2sc3c(c2c1=O)CCC(N1CCCCC1)C3. The van der Waals surface area contributed by atoms with Gasteiger partial charge in [0.25, 0.3) is 5.56 Å². The van der Waals surface area contributed by atoms with Crippen LogP contribution in [0.2, 0.25) is 0 Å². The number of rotatable bonds is 6. The second-order valence-corrected chi connectivity index (χ2v) is 9.28. The summed E-state index contributed by atoms with van der Waals surface area (Å²) in [5.74, 6) is 0. The van der Waals surface area contributed by atoms with Crippen LogP contribution in [0.25, 0.3) is 10.2 Å². The molecule has 1 aliphatic heterocycles. The van der Waals surface area contributed by atoms with Crippen LogP contribution in [0, 0.1) is 0 Å². The summed E-state index contributed by atoms with van der Waals surface area (Å²) in [7, 11) is 0. The number of piperidine rings is 1. The highest BCUT2D eigenvalue weighted by Crippen LogP contribution is 2.35. The standard InChI is InChI=1S/C21H31N3O2S/c1-15(2)26-12-6-11-24-14-22-20-19(21(24)25)17-8-7-16(13-18(17)27-20)23-9-4-3-5-10-23/h14-16H,3-13H2,1-2H3. The van der Waals surface area contributed by atoms with Crippen molar-refractivity contribution in [1.82, 2.24) is 14.5 Å². The van der Waals surface area contributed by atoms with Gasteiger partial charge in [0.15, 0.2) is 0 Å². The molecule has 0 bridgehead atoms. The quantitative estimate of drug-likeness (QED) is 0.708. The molecule has 5 nitrogen and oxygen atoms in total. The first-order valence-corrected chi connectivity index (χ1v) is 11.3. The maximum absolute atomic E-state index is 13.1. The van der Waals surface area contributed by atoms with Crippen molar-refractivity contribution in [3.8, 4) is 0 Å². The molecule has 0 radical (unpaired) electrons. The number of thiophene rings is 1. The van der Waals surface area contributed by atoms with Gasteiger partial charge in [-0.1, -0.05) is 6.42 Å². The predicted molar refractivity (Wildman–Crippen MR) is 111 cm³/mol. The van der Waals surface area contributed by atoms with Crippen LogP contribution < -0.4 is 5.56 Å². The fourth-order valence-electron chi connectivity index (χ4n) is 4.49. The third-order valence-corrected chi connectivity index (χ3v) is 7.07. The fourth-order valence-corrected chi connectivity index (χ4v) is 5.74. The highest BCUT2D eigenvalue weighted by Gasteiger charge is 2.29. The second kappa shape index (κ2) is 8.41. The highest BCUT2D eigenvalue weighted by molar-refractivity contribution is 7.18. The smallest absolute Gasteiger partial charge is 0.262 e. The zero-order valence-corrected chi connectivity index (χ0v) is 17.4. The fraction of sp³-hybridized carbons (Fsp3) is 0.714. The summed E-state index contributed by atoms with van der Waals surface area (Å²) in [6, 6.07) is 0.654. The lowest BCUT2D eigenvalue weighted by Gasteiger charge is -2.36. The largest absolute Gasteiger partial charge is 0.379 e. The third-order valence-electron chi connectivity index (χ3n) is 5.91. The molecule has 4 rings (SSSR count). The van der Waals surface area contributed by atoms with E-state index in [0.717, 1.165) is 29.5 Å². The Morgan fingerprint density at radius 2 is 2.11 bits per heavy atom. The van der Waals surface area contributed by atoms with Crippen molar-refractivity contribution in [2.45, 2.75) is 77.5 Å².